The average molecular weight is 303 g/mol. The Labute approximate surface area is 134 Å². The highest BCUT2D eigenvalue weighted by Gasteiger charge is 2.21. The lowest BCUT2D eigenvalue weighted by Crippen LogP contribution is -2.16. The Hall–Kier alpha value is -2.95. The Morgan fingerprint density at radius 3 is 2.91 bits per heavy atom. The molecule has 0 saturated carbocycles. The number of hydrogen-bond donors (Lipinski definition) is 1. The number of nitrogens with zero attached hydrogens (tertiary/aromatic N) is 4. The number of amidine groups is 1. The first-order chi connectivity index (χ1) is 11.3. The number of benzene rings is 1. The quantitative estimate of drug-likeness (QED) is 0.809. The van der Waals surface area contributed by atoms with Gasteiger partial charge in [0.15, 0.2) is 0 Å². The maximum atomic E-state index is 4.71. The molecule has 1 aliphatic heterocycles. The van der Waals surface area contributed by atoms with Crippen LogP contribution in [0.15, 0.2) is 60.0 Å². The largest absolute Gasteiger partial charge is 0.279 e. The third-order valence-corrected chi connectivity index (χ3v) is 4.06. The van der Waals surface area contributed by atoms with Gasteiger partial charge in [-0.15, -0.1) is 0 Å². The van der Waals surface area contributed by atoms with Crippen LogP contribution in [0.1, 0.15) is 17.0 Å². The van der Waals surface area contributed by atoms with Crippen LogP contribution in [-0.2, 0) is 13.0 Å². The van der Waals surface area contributed by atoms with Crippen molar-refractivity contribution in [2.24, 2.45) is 4.99 Å². The van der Waals surface area contributed by atoms with Gasteiger partial charge in [0.2, 0.25) is 0 Å². The fourth-order valence-corrected chi connectivity index (χ4v) is 2.74. The summed E-state index contributed by atoms with van der Waals surface area (Å²) in [7, 11) is 0. The van der Waals surface area contributed by atoms with Crippen LogP contribution < -0.4 is 5.43 Å². The first kappa shape index (κ1) is 13.7. The standard InChI is InChI=1S/C18H17N5/c1-13-5-2-3-6-14(13)11-20-17-9-18-21-12-16(23(18)22-17)15-7-4-8-19-10-15/h2-8,10,12H,9,11H2,1H3,(H,20,22). The number of aliphatic imine (C=N–C) groups is 1. The molecule has 1 aromatic carbocycles. The van der Waals surface area contributed by atoms with E-state index in [0.717, 1.165) is 29.3 Å². The second-order valence-corrected chi connectivity index (χ2v) is 5.61. The third-order valence-electron chi connectivity index (χ3n) is 4.06. The molecule has 0 amide bonds. The van der Waals surface area contributed by atoms with E-state index in [2.05, 4.69) is 46.6 Å². The van der Waals surface area contributed by atoms with Crippen LogP contribution in [-0.4, -0.2) is 20.5 Å². The minimum absolute atomic E-state index is 0.683. The molecule has 2 aromatic heterocycles. The van der Waals surface area contributed by atoms with E-state index in [0.29, 0.717) is 6.54 Å². The summed E-state index contributed by atoms with van der Waals surface area (Å²) >= 11 is 0. The zero-order valence-corrected chi connectivity index (χ0v) is 12.9. The fourth-order valence-electron chi connectivity index (χ4n) is 2.74. The lowest BCUT2D eigenvalue weighted by Gasteiger charge is -2.07. The van der Waals surface area contributed by atoms with Gasteiger partial charge in [-0.1, -0.05) is 24.3 Å². The first-order valence-electron chi connectivity index (χ1n) is 7.63. The van der Waals surface area contributed by atoms with Crippen molar-refractivity contribution < 1.29 is 0 Å². The van der Waals surface area contributed by atoms with E-state index in [9.17, 15) is 0 Å². The van der Waals surface area contributed by atoms with Crippen LogP contribution >= 0.6 is 0 Å². The number of pyridine rings is 1. The van der Waals surface area contributed by atoms with Gasteiger partial charge in [-0.2, -0.15) is 0 Å². The number of aromatic nitrogens is 3. The Morgan fingerprint density at radius 1 is 1.17 bits per heavy atom. The number of nitrogens with one attached hydrogen (secondary N) is 1. The second-order valence-electron chi connectivity index (χ2n) is 5.61. The van der Waals surface area contributed by atoms with Crippen LogP contribution in [0.4, 0.5) is 0 Å². The van der Waals surface area contributed by atoms with E-state index in [4.69, 9.17) is 4.99 Å². The molecule has 23 heavy (non-hydrogen) atoms. The molecule has 0 aliphatic carbocycles. The van der Waals surface area contributed by atoms with Crippen LogP contribution in [0.5, 0.6) is 0 Å². The molecule has 5 nitrogen and oxygen atoms in total. The summed E-state index contributed by atoms with van der Waals surface area (Å²) in [5.41, 5.74) is 7.91. The molecule has 1 N–H and O–H groups in total. The number of hydrogen-bond acceptors (Lipinski definition) is 3. The van der Waals surface area contributed by atoms with Gasteiger partial charge < -0.3 is 0 Å². The highest BCUT2D eigenvalue weighted by molar-refractivity contribution is 5.94. The van der Waals surface area contributed by atoms with Crippen LogP contribution in [0.25, 0.3) is 11.3 Å². The molecule has 0 spiro atoms. The van der Waals surface area contributed by atoms with Gasteiger partial charge in [-0.3, -0.25) is 15.4 Å². The van der Waals surface area contributed by atoms with Gasteiger partial charge in [-0.25, -0.2) is 9.66 Å². The van der Waals surface area contributed by atoms with E-state index in [1.54, 1.807) is 6.20 Å². The van der Waals surface area contributed by atoms with Crippen molar-refractivity contribution in [2.45, 2.75) is 19.9 Å². The average Bonchev–Trinajstić information content (AvgIpc) is 3.15. The van der Waals surface area contributed by atoms with Gasteiger partial charge in [0.1, 0.15) is 11.7 Å². The number of fused-ring (bicyclic) bond motifs is 1. The van der Waals surface area contributed by atoms with Crippen molar-refractivity contribution in [3.63, 3.8) is 0 Å². The predicted molar refractivity (Wildman–Crippen MR) is 90.8 cm³/mol. The van der Waals surface area contributed by atoms with Gasteiger partial charge in [0, 0.05) is 18.0 Å². The zero-order chi connectivity index (χ0) is 15.6. The van der Waals surface area contributed by atoms with Crippen molar-refractivity contribution in [1.82, 2.24) is 14.6 Å². The van der Waals surface area contributed by atoms with Gasteiger partial charge in [-0.05, 0) is 30.2 Å². The van der Waals surface area contributed by atoms with Crippen LogP contribution in [0, 0.1) is 6.92 Å². The molecule has 0 atom stereocenters. The number of imidazole rings is 1. The van der Waals surface area contributed by atoms with Crippen molar-refractivity contribution >= 4 is 5.84 Å². The van der Waals surface area contributed by atoms with Gasteiger partial charge in [0.25, 0.3) is 0 Å². The monoisotopic (exact) mass is 303 g/mol. The van der Waals surface area contributed by atoms with Crippen molar-refractivity contribution in [1.29, 1.82) is 0 Å². The summed E-state index contributed by atoms with van der Waals surface area (Å²) in [5, 5.41) is 0. The molecule has 0 fully saturated rings. The lowest BCUT2D eigenvalue weighted by molar-refractivity contribution is 0.954. The van der Waals surface area contributed by atoms with Gasteiger partial charge >= 0.3 is 0 Å². The van der Waals surface area contributed by atoms with E-state index >= 15 is 0 Å². The molecule has 4 rings (SSSR count). The molecule has 0 radical (unpaired) electrons. The van der Waals surface area contributed by atoms with E-state index < -0.39 is 0 Å². The molecule has 114 valence electrons. The molecule has 0 bridgehead atoms. The smallest absolute Gasteiger partial charge is 0.136 e. The summed E-state index contributed by atoms with van der Waals surface area (Å²) in [6, 6.07) is 12.3. The van der Waals surface area contributed by atoms with Crippen molar-refractivity contribution in [2.75, 3.05) is 5.43 Å². The Morgan fingerprint density at radius 2 is 2.09 bits per heavy atom. The SMILES string of the molecule is Cc1ccccc1CN=C1Cc2ncc(-c3cccnc3)n2N1. The second kappa shape index (κ2) is 5.68. The summed E-state index contributed by atoms with van der Waals surface area (Å²) in [6.07, 6.45) is 6.21. The van der Waals surface area contributed by atoms with Gasteiger partial charge in [0.05, 0.1) is 24.9 Å². The van der Waals surface area contributed by atoms with Crippen molar-refractivity contribution in [3.8, 4) is 11.3 Å². The third kappa shape index (κ3) is 2.61. The van der Waals surface area contributed by atoms with E-state index in [-0.39, 0.29) is 0 Å². The summed E-state index contributed by atoms with van der Waals surface area (Å²) in [5.74, 6) is 1.92. The lowest BCUT2D eigenvalue weighted by atomic mass is 10.1. The first-order valence-corrected chi connectivity index (χ1v) is 7.63. The maximum Gasteiger partial charge on any atom is 0.136 e. The fraction of sp³-hybridized carbons (Fsp3) is 0.167. The minimum Gasteiger partial charge on any atom is -0.279 e. The maximum absolute atomic E-state index is 4.71. The zero-order valence-electron chi connectivity index (χ0n) is 12.9. The molecule has 5 heteroatoms. The molecule has 0 unspecified atom stereocenters. The Bertz CT molecular complexity index is 864. The Balaban J connectivity index is 1.56. The number of aryl methyl sites for hydroxylation is 1. The van der Waals surface area contributed by atoms with Crippen LogP contribution in [0.2, 0.25) is 0 Å². The Kier molecular flexibility index (Phi) is 3.38. The van der Waals surface area contributed by atoms with E-state index in [1.807, 2.05) is 29.2 Å². The summed E-state index contributed by atoms with van der Waals surface area (Å²) in [4.78, 5) is 13.4. The highest BCUT2D eigenvalue weighted by atomic mass is 15.5. The normalized spacial score (nSPS) is 14.7. The molecular formula is C18H17N5. The summed E-state index contributed by atoms with van der Waals surface area (Å²) < 4.78 is 1.99. The highest BCUT2D eigenvalue weighted by Crippen LogP contribution is 2.22. The molecular weight excluding hydrogens is 286 g/mol. The number of rotatable bonds is 3. The summed E-state index contributed by atoms with van der Waals surface area (Å²) in [6.45, 7) is 2.80. The van der Waals surface area contributed by atoms with Crippen LogP contribution in [0.3, 0.4) is 0 Å². The molecule has 3 aromatic rings. The minimum atomic E-state index is 0.683. The molecule has 0 saturated heterocycles. The van der Waals surface area contributed by atoms with E-state index in [1.165, 1.54) is 11.1 Å². The predicted octanol–water partition coefficient (Wildman–Crippen LogP) is 2.95. The molecule has 1 aliphatic rings. The molecule has 3 heterocycles. The van der Waals surface area contributed by atoms with Crippen molar-refractivity contribution in [3.05, 3.63) is 71.9 Å². The topological polar surface area (TPSA) is 55.1 Å².